The summed E-state index contributed by atoms with van der Waals surface area (Å²) in [5.74, 6) is 0.776. The van der Waals surface area contributed by atoms with Gasteiger partial charge in [-0.1, -0.05) is 0 Å². The number of hydrogen-bond acceptors (Lipinski definition) is 4. The third-order valence-electron chi connectivity index (χ3n) is 2.54. The number of nitrogens with zero attached hydrogens (tertiary/aromatic N) is 3. The van der Waals surface area contributed by atoms with Crippen LogP contribution in [0.4, 0.5) is 0 Å². The van der Waals surface area contributed by atoms with Gasteiger partial charge >= 0.3 is 5.97 Å². The van der Waals surface area contributed by atoms with Crippen molar-refractivity contribution in [3.63, 3.8) is 0 Å². The van der Waals surface area contributed by atoms with Crippen molar-refractivity contribution in [1.29, 1.82) is 0 Å². The number of aromatic nitrogens is 3. The Labute approximate surface area is 104 Å². The molecule has 0 radical (unpaired) electrons. The fourth-order valence-electron chi connectivity index (χ4n) is 1.74. The van der Waals surface area contributed by atoms with Crippen LogP contribution in [0.15, 0.2) is 18.2 Å². The van der Waals surface area contributed by atoms with Crippen molar-refractivity contribution in [2.45, 2.75) is 13.8 Å². The van der Waals surface area contributed by atoms with Crippen LogP contribution in [0.2, 0.25) is 0 Å². The zero-order valence-corrected chi connectivity index (χ0v) is 10.3. The second-order valence-electron chi connectivity index (χ2n) is 3.81. The van der Waals surface area contributed by atoms with Gasteiger partial charge in [0.2, 0.25) is 0 Å². The Morgan fingerprint density at radius 1 is 1.39 bits per heavy atom. The van der Waals surface area contributed by atoms with Gasteiger partial charge in [-0.05, 0) is 26.0 Å². The van der Waals surface area contributed by atoms with Crippen LogP contribution < -0.4 is 4.74 Å². The molecule has 0 aliphatic rings. The third kappa shape index (κ3) is 2.04. The van der Waals surface area contributed by atoms with Crippen LogP contribution >= 0.6 is 0 Å². The Bertz CT molecular complexity index is 605. The normalized spacial score (nSPS) is 10.4. The largest absolute Gasteiger partial charge is 0.497 e. The monoisotopic (exact) mass is 247 g/mol. The molecule has 0 atom stereocenters. The predicted molar refractivity (Wildman–Crippen MR) is 64.3 cm³/mol. The summed E-state index contributed by atoms with van der Waals surface area (Å²) in [7, 11) is 1.53. The van der Waals surface area contributed by atoms with Gasteiger partial charge in [-0.2, -0.15) is 5.10 Å². The quantitative estimate of drug-likeness (QED) is 0.891. The highest BCUT2D eigenvalue weighted by Gasteiger charge is 2.15. The Morgan fingerprint density at radius 3 is 2.61 bits per heavy atom. The smallest absolute Gasteiger partial charge is 0.337 e. The van der Waals surface area contributed by atoms with Gasteiger partial charge in [0.15, 0.2) is 0 Å². The number of carboxylic acid groups (broad SMARTS) is 1. The van der Waals surface area contributed by atoms with Gasteiger partial charge in [-0.3, -0.25) is 0 Å². The number of methoxy groups -OCH3 is 1. The van der Waals surface area contributed by atoms with E-state index in [1.54, 1.807) is 26.0 Å². The number of hydrogen-bond donors (Lipinski definition) is 1. The number of carboxylic acids is 1. The Kier molecular flexibility index (Phi) is 3.01. The number of aryl methyl sites for hydroxylation is 2. The van der Waals surface area contributed by atoms with Crippen molar-refractivity contribution >= 4 is 5.97 Å². The third-order valence-corrected chi connectivity index (χ3v) is 2.54. The van der Waals surface area contributed by atoms with Crippen molar-refractivity contribution in [3.8, 4) is 11.4 Å². The summed E-state index contributed by atoms with van der Waals surface area (Å²) in [6, 6.07) is 4.73. The lowest BCUT2D eigenvalue weighted by Gasteiger charge is -2.09. The van der Waals surface area contributed by atoms with Gasteiger partial charge in [-0.25, -0.2) is 14.5 Å². The molecule has 1 aromatic carbocycles. The standard InChI is InChI=1S/C12H13N3O3/c1-7-13-8(2)15(14-7)11-6-9(18-3)4-5-10(11)12(16)17/h4-6H,1-3H3,(H,16,17). The molecule has 0 aliphatic carbocycles. The average Bonchev–Trinajstić information content (AvgIpc) is 2.67. The van der Waals surface area contributed by atoms with Crippen LogP contribution in [0.5, 0.6) is 5.75 Å². The van der Waals surface area contributed by atoms with Crippen molar-refractivity contribution in [3.05, 3.63) is 35.4 Å². The van der Waals surface area contributed by atoms with Gasteiger partial charge < -0.3 is 9.84 Å². The minimum Gasteiger partial charge on any atom is -0.497 e. The van der Waals surface area contributed by atoms with Gasteiger partial charge in [0.25, 0.3) is 0 Å². The average molecular weight is 247 g/mol. The molecule has 1 heterocycles. The van der Waals surface area contributed by atoms with Crippen LogP contribution in [0, 0.1) is 13.8 Å². The maximum atomic E-state index is 11.2. The first-order chi connectivity index (χ1) is 8.52. The van der Waals surface area contributed by atoms with Crippen LogP contribution in [0.1, 0.15) is 22.0 Å². The topological polar surface area (TPSA) is 77.2 Å². The summed E-state index contributed by atoms with van der Waals surface area (Å²) >= 11 is 0. The van der Waals surface area contributed by atoms with Crippen LogP contribution in [-0.2, 0) is 0 Å². The molecule has 2 aromatic rings. The first kappa shape index (κ1) is 12.1. The Morgan fingerprint density at radius 2 is 2.11 bits per heavy atom. The fraction of sp³-hybridized carbons (Fsp3) is 0.250. The lowest BCUT2D eigenvalue weighted by Crippen LogP contribution is -2.08. The summed E-state index contributed by atoms with van der Waals surface area (Å²) < 4.78 is 6.60. The fourth-order valence-corrected chi connectivity index (χ4v) is 1.74. The Hall–Kier alpha value is -2.37. The molecule has 0 bridgehead atoms. The second-order valence-corrected chi connectivity index (χ2v) is 3.81. The molecule has 0 saturated heterocycles. The van der Waals surface area contributed by atoms with E-state index in [4.69, 9.17) is 4.74 Å². The van der Waals surface area contributed by atoms with Crippen LogP contribution in [-0.4, -0.2) is 33.0 Å². The van der Waals surface area contributed by atoms with E-state index in [1.165, 1.54) is 17.9 Å². The van der Waals surface area contributed by atoms with Gasteiger partial charge in [0.1, 0.15) is 17.4 Å². The molecule has 0 saturated carbocycles. The highest BCUT2D eigenvalue weighted by atomic mass is 16.5. The predicted octanol–water partition coefficient (Wildman–Crippen LogP) is 1.59. The molecule has 0 amide bonds. The van der Waals surface area contributed by atoms with E-state index in [-0.39, 0.29) is 5.56 Å². The summed E-state index contributed by atoms with van der Waals surface area (Å²) in [6.45, 7) is 3.52. The second kappa shape index (κ2) is 4.48. The lowest BCUT2D eigenvalue weighted by molar-refractivity contribution is 0.0696. The van der Waals surface area contributed by atoms with Gasteiger partial charge in [-0.15, -0.1) is 0 Å². The molecular formula is C12H13N3O3. The van der Waals surface area contributed by atoms with Gasteiger partial charge in [0, 0.05) is 6.07 Å². The molecule has 0 unspecified atom stereocenters. The van der Waals surface area contributed by atoms with Crippen molar-refractivity contribution in [1.82, 2.24) is 14.8 Å². The number of rotatable bonds is 3. The molecule has 6 heteroatoms. The lowest BCUT2D eigenvalue weighted by atomic mass is 10.1. The van der Waals surface area contributed by atoms with Gasteiger partial charge in [0.05, 0.1) is 18.4 Å². The highest BCUT2D eigenvalue weighted by Crippen LogP contribution is 2.22. The van der Waals surface area contributed by atoms with E-state index in [2.05, 4.69) is 10.1 Å². The van der Waals surface area contributed by atoms with E-state index >= 15 is 0 Å². The molecule has 1 aromatic heterocycles. The number of benzene rings is 1. The molecular weight excluding hydrogens is 234 g/mol. The van der Waals surface area contributed by atoms with E-state index in [0.29, 0.717) is 23.1 Å². The summed E-state index contributed by atoms with van der Waals surface area (Å²) in [5.41, 5.74) is 0.601. The molecule has 1 N–H and O–H groups in total. The molecule has 0 spiro atoms. The van der Waals surface area contributed by atoms with E-state index in [9.17, 15) is 9.90 Å². The van der Waals surface area contributed by atoms with Crippen molar-refractivity contribution < 1.29 is 14.6 Å². The molecule has 94 valence electrons. The Balaban J connectivity index is 2.67. The van der Waals surface area contributed by atoms with Crippen molar-refractivity contribution in [2.24, 2.45) is 0 Å². The van der Waals surface area contributed by atoms with Crippen LogP contribution in [0.3, 0.4) is 0 Å². The SMILES string of the molecule is COc1ccc(C(=O)O)c(-n2nc(C)nc2C)c1. The summed E-state index contributed by atoms with van der Waals surface area (Å²) in [4.78, 5) is 15.4. The maximum Gasteiger partial charge on any atom is 0.337 e. The summed E-state index contributed by atoms with van der Waals surface area (Å²) in [5, 5.41) is 13.4. The van der Waals surface area contributed by atoms with Crippen molar-refractivity contribution in [2.75, 3.05) is 7.11 Å². The first-order valence-corrected chi connectivity index (χ1v) is 5.35. The first-order valence-electron chi connectivity index (χ1n) is 5.35. The molecule has 0 fully saturated rings. The number of carbonyl (C=O) groups is 1. The van der Waals surface area contributed by atoms with E-state index in [1.807, 2.05) is 0 Å². The van der Waals surface area contributed by atoms with Crippen LogP contribution in [0.25, 0.3) is 5.69 Å². The maximum absolute atomic E-state index is 11.2. The molecule has 18 heavy (non-hydrogen) atoms. The number of ether oxygens (including phenoxy) is 1. The minimum atomic E-state index is -1.01. The zero-order valence-electron chi connectivity index (χ0n) is 10.3. The number of aromatic carboxylic acids is 1. The summed E-state index contributed by atoms with van der Waals surface area (Å²) in [6.07, 6.45) is 0. The minimum absolute atomic E-state index is 0.156. The molecule has 0 aliphatic heterocycles. The van der Waals surface area contributed by atoms with E-state index in [0.717, 1.165) is 0 Å². The zero-order chi connectivity index (χ0) is 13.3. The molecule has 2 rings (SSSR count). The molecule has 6 nitrogen and oxygen atoms in total. The highest BCUT2D eigenvalue weighted by molar-refractivity contribution is 5.92. The van der Waals surface area contributed by atoms with E-state index < -0.39 is 5.97 Å².